The molecule has 0 saturated heterocycles. The number of amides is 2. The lowest BCUT2D eigenvalue weighted by Gasteiger charge is -2.13. The predicted octanol–water partition coefficient (Wildman–Crippen LogP) is 2.36. The molecule has 0 aliphatic heterocycles. The molecule has 0 aromatic carbocycles. The summed E-state index contributed by atoms with van der Waals surface area (Å²) in [6, 6.07) is 0. The highest BCUT2D eigenvalue weighted by molar-refractivity contribution is 7.49. The molecule has 2 unspecified atom stereocenters. The van der Waals surface area contributed by atoms with Gasteiger partial charge in [-0.2, -0.15) is 0 Å². The summed E-state index contributed by atoms with van der Waals surface area (Å²) in [7, 11) is 5.55. The average molecular weight is 442 g/mol. The van der Waals surface area contributed by atoms with Gasteiger partial charge in [0.05, 0.1) is 6.61 Å². The van der Waals surface area contributed by atoms with Crippen LogP contribution in [-0.2, 0) is 28.3 Å². The molecule has 0 heterocycles. The molecule has 0 saturated carbocycles. The fourth-order valence-corrected chi connectivity index (χ4v) is 1.68. The standard InChI is InChI=1S/C7H12N2O3.C7H15O5P.2C2H6/c1-8-7(11)3-4-9(5-10)6-12-2;1-10-4-7(11-2)6(8)5-13(9)12-3;2*1-2/h3-5H,6H2,1-2H3,(H,8,11);5,7-9H,4H2,1-3H3;2*1-2H3/b4-3-;6-5-;;. The van der Waals surface area contributed by atoms with Crippen LogP contribution < -0.4 is 5.32 Å². The van der Waals surface area contributed by atoms with Crippen LogP contribution in [0.15, 0.2) is 23.9 Å². The molecule has 2 amide bonds. The molecule has 10 nitrogen and oxygen atoms in total. The van der Waals surface area contributed by atoms with Crippen molar-refractivity contribution < 1.29 is 38.3 Å². The summed E-state index contributed by atoms with van der Waals surface area (Å²) >= 11 is 0. The number of methoxy groups -OCH3 is 3. The lowest BCUT2D eigenvalue weighted by Crippen LogP contribution is -2.20. The molecular formula is C18H39N2O8P. The zero-order chi connectivity index (χ0) is 23.7. The number of nitrogens with one attached hydrogen (secondary N) is 1. The van der Waals surface area contributed by atoms with Gasteiger partial charge in [-0.25, -0.2) is 0 Å². The number of hydrogen-bond donors (Lipinski definition) is 3. The summed E-state index contributed by atoms with van der Waals surface area (Å²) in [5.74, 6) is 0.862. The van der Waals surface area contributed by atoms with Gasteiger partial charge in [-0.3, -0.25) is 14.5 Å². The van der Waals surface area contributed by atoms with Crippen molar-refractivity contribution in [2.45, 2.75) is 33.8 Å². The number of likely N-dealkylation sites (N-methyl/N-ethyl adjacent to an activating group) is 1. The van der Waals surface area contributed by atoms with Crippen LogP contribution in [0, 0.1) is 0 Å². The lowest BCUT2D eigenvalue weighted by atomic mass is 10.3. The Morgan fingerprint density at radius 1 is 1.14 bits per heavy atom. The van der Waals surface area contributed by atoms with E-state index in [1.54, 1.807) is 0 Å². The van der Waals surface area contributed by atoms with Gasteiger partial charge in [0.2, 0.25) is 12.3 Å². The Balaban J connectivity index is -0.000000184. The van der Waals surface area contributed by atoms with E-state index in [-0.39, 0.29) is 25.0 Å². The van der Waals surface area contributed by atoms with Crippen LogP contribution in [0.3, 0.4) is 0 Å². The van der Waals surface area contributed by atoms with Crippen molar-refractivity contribution in [3.8, 4) is 0 Å². The van der Waals surface area contributed by atoms with Crippen LogP contribution in [-0.4, -0.2) is 82.1 Å². The summed E-state index contributed by atoms with van der Waals surface area (Å²) in [5.41, 5.74) is 0. The normalized spacial score (nSPS) is 12.1. The van der Waals surface area contributed by atoms with E-state index in [0.717, 1.165) is 0 Å². The van der Waals surface area contributed by atoms with Crippen LogP contribution >= 0.6 is 8.38 Å². The molecule has 0 aliphatic carbocycles. The maximum absolute atomic E-state index is 10.7. The van der Waals surface area contributed by atoms with Crippen molar-refractivity contribution in [1.82, 2.24) is 10.2 Å². The number of aliphatic hydroxyl groups is 1. The first-order valence-corrected chi connectivity index (χ1v) is 10.2. The van der Waals surface area contributed by atoms with Gasteiger partial charge in [0.1, 0.15) is 18.6 Å². The van der Waals surface area contributed by atoms with E-state index in [2.05, 4.69) is 14.6 Å². The molecule has 0 radical (unpaired) electrons. The van der Waals surface area contributed by atoms with E-state index < -0.39 is 14.5 Å². The first-order chi connectivity index (χ1) is 13.9. The maximum atomic E-state index is 10.7. The largest absolute Gasteiger partial charge is 0.509 e. The third-order valence-corrected chi connectivity index (χ3v) is 3.30. The third-order valence-electron chi connectivity index (χ3n) is 2.44. The Morgan fingerprint density at radius 2 is 1.69 bits per heavy atom. The quantitative estimate of drug-likeness (QED) is 0.146. The molecule has 0 spiro atoms. The number of nitrogens with zero attached hydrogens (tertiary/aromatic N) is 1. The molecule has 0 aliphatic rings. The second kappa shape index (κ2) is 28.7. The number of carbonyl (C=O) groups excluding carboxylic acids is 2. The maximum Gasteiger partial charge on any atom is 0.245 e. The van der Waals surface area contributed by atoms with Crippen molar-refractivity contribution >= 4 is 20.7 Å². The van der Waals surface area contributed by atoms with Gasteiger partial charge in [-0.05, 0) is 0 Å². The van der Waals surface area contributed by atoms with Crippen molar-refractivity contribution in [3.05, 3.63) is 23.9 Å². The SMILES string of the molecule is CC.CC.CNC(=O)/C=C\N(C=O)COC.COCC(OC)/C(O)=C/P(O)OC. The summed E-state index contributed by atoms with van der Waals surface area (Å²) < 4.78 is 18.9. The first-order valence-electron chi connectivity index (χ1n) is 8.94. The summed E-state index contributed by atoms with van der Waals surface area (Å²) in [6.07, 6.45) is 2.60. The van der Waals surface area contributed by atoms with E-state index >= 15 is 0 Å². The molecule has 0 fully saturated rings. The molecule has 0 rings (SSSR count). The van der Waals surface area contributed by atoms with E-state index in [9.17, 15) is 14.7 Å². The zero-order valence-electron chi connectivity index (χ0n) is 19.0. The number of hydrogen-bond acceptors (Lipinski definition) is 8. The molecular weight excluding hydrogens is 403 g/mol. The van der Waals surface area contributed by atoms with Gasteiger partial charge in [0, 0.05) is 53.6 Å². The van der Waals surface area contributed by atoms with Crippen LogP contribution in [0.25, 0.3) is 0 Å². The monoisotopic (exact) mass is 442 g/mol. The Kier molecular flexibility index (Phi) is 34.5. The van der Waals surface area contributed by atoms with Crippen molar-refractivity contribution in [2.75, 3.05) is 48.8 Å². The smallest absolute Gasteiger partial charge is 0.245 e. The van der Waals surface area contributed by atoms with Crippen molar-refractivity contribution in [3.63, 3.8) is 0 Å². The Bertz CT molecular complexity index is 423. The van der Waals surface area contributed by atoms with Gasteiger partial charge in [-0.1, -0.05) is 27.7 Å². The number of rotatable bonds is 11. The summed E-state index contributed by atoms with van der Waals surface area (Å²) in [6.45, 7) is 8.36. The van der Waals surface area contributed by atoms with E-state index in [1.165, 1.54) is 58.5 Å². The van der Waals surface area contributed by atoms with E-state index in [4.69, 9.17) is 14.4 Å². The van der Waals surface area contributed by atoms with Crippen molar-refractivity contribution in [1.29, 1.82) is 0 Å². The van der Waals surface area contributed by atoms with Gasteiger partial charge in [0.25, 0.3) is 0 Å². The zero-order valence-corrected chi connectivity index (χ0v) is 19.9. The predicted molar refractivity (Wildman–Crippen MR) is 115 cm³/mol. The molecule has 3 N–H and O–H groups in total. The molecule has 0 aromatic heterocycles. The lowest BCUT2D eigenvalue weighted by molar-refractivity contribution is -0.119. The number of ether oxygens (including phenoxy) is 3. The van der Waals surface area contributed by atoms with Gasteiger partial charge in [-0.15, -0.1) is 0 Å². The number of carbonyl (C=O) groups is 2. The van der Waals surface area contributed by atoms with Crippen LogP contribution in [0.4, 0.5) is 0 Å². The highest BCUT2D eigenvalue weighted by Crippen LogP contribution is 2.33. The fraction of sp³-hybridized carbons (Fsp3) is 0.667. The van der Waals surface area contributed by atoms with Crippen LogP contribution in [0.2, 0.25) is 0 Å². The highest BCUT2D eigenvalue weighted by atomic mass is 31.2. The third kappa shape index (κ3) is 24.4. The van der Waals surface area contributed by atoms with Gasteiger partial charge < -0.3 is 34.1 Å². The Labute approximate surface area is 176 Å². The summed E-state index contributed by atoms with van der Waals surface area (Å²) in [4.78, 5) is 31.2. The minimum atomic E-state index is -1.71. The number of aliphatic hydroxyl groups excluding tert-OH is 1. The summed E-state index contributed by atoms with van der Waals surface area (Å²) in [5, 5.41) is 11.8. The molecule has 29 heavy (non-hydrogen) atoms. The fourth-order valence-electron chi connectivity index (χ4n) is 1.18. The van der Waals surface area contributed by atoms with Gasteiger partial charge in [0.15, 0.2) is 8.38 Å². The molecule has 11 heteroatoms. The van der Waals surface area contributed by atoms with Crippen LogP contribution in [0.1, 0.15) is 27.7 Å². The van der Waals surface area contributed by atoms with Crippen molar-refractivity contribution in [2.24, 2.45) is 0 Å². The Morgan fingerprint density at radius 3 is 2.03 bits per heavy atom. The second-order valence-corrected chi connectivity index (χ2v) is 5.41. The second-order valence-electron chi connectivity index (χ2n) is 4.19. The topological polar surface area (TPSA) is 127 Å². The van der Waals surface area contributed by atoms with Gasteiger partial charge >= 0.3 is 0 Å². The minimum Gasteiger partial charge on any atom is -0.509 e. The minimum absolute atomic E-state index is 0.0835. The molecule has 0 aromatic rings. The van der Waals surface area contributed by atoms with Crippen LogP contribution in [0.5, 0.6) is 0 Å². The van der Waals surface area contributed by atoms with E-state index in [0.29, 0.717) is 6.41 Å². The Hall–Kier alpha value is -1.55. The molecule has 0 bridgehead atoms. The first kappa shape index (κ1) is 34.9. The van der Waals surface area contributed by atoms with E-state index in [1.807, 2.05) is 27.7 Å². The average Bonchev–Trinajstić information content (AvgIpc) is 2.77. The highest BCUT2D eigenvalue weighted by Gasteiger charge is 2.13. The molecule has 174 valence electrons. The molecule has 2 atom stereocenters.